The minimum Gasteiger partial charge on any atom is -0.474 e. The van der Waals surface area contributed by atoms with Gasteiger partial charge in [0, 0.05) is 12.6 Å². The van der Waals surface area contributed by atoms with Crippen LogP contribution in [0.25, 0.3) is 0 Å². The van der Waals surface area contributed by atoms with Gasteiger partial charge in [0.05, 0.1) is 14.2 Å². The van der Waals surface area contributed by atoms with Crippen molar-refractivity contribution in [1.29, 1.82) is 0 Å². The molecule has 0 amide bonds. The SMILES string of the molecule is COC(=S)NCC1(C)CC(NC(=S)OC)CC(C)(C)C1. The lowest BCUT2D eigenvalue weighted by molar-refractivity contribution is 0.0775. The average Bonchev–Trinajstić information content (AvgIpc) is 2.33. The van der Waals surface area contributed by atoms with Crippen molar-refractivity contribution in [2.75, 3.05) is 20.8 Å². The molecular formula is C14H26N2O2S2. The summed E-state index contributed by atoms with van der Waals surface area (Å²) >= 11 is 10.2. The Morgan fingerprint density at radius 3 is 2.25 bits per heavy atom. The summed E-state index contributed by atoms with van der Waals surface area (Å²) in [7, 11) is 3.19. The van der Waals surface area contributed by atoms with Gasteiger partial charge in [0.2, 0.25) is 0 Å². The van der Waals surface area contributed by atoms with E-state index in [2.05, 4.69) is 31.4 Å². The Bertz CT molecular complexity index is 374. The average molecular weight is 319 g/mol. The largest absolute Gasteiger partial charge is 0.474 e. The highest BCUT2D eigenvalue weighted by atomic mass is 32.1. The molecule has 6 heteroatoms. The summed E-state index contributed by atoms with van der Waals surface area (Å²) in [6.07, 6.45) is 3.25. The normalized spacial score (nSPS) is 28.4. The number of hydrogen-bond donors (Lipinski definition) is 2. The van der Waals surface area contributed by atoms with E-state index >= 15 is 0 Å². The Labute approximate surface area is 133 Å². The van der Waals surface area contributed by atoms with Gasteiger partial charge in [-0.2, -0.15) is 0 Å². The number of ether oxygens (including phenoxy) is 2. The first-order valence-corrected chi connectivity index (χ1v) is 7.68. The lowest BCUT2D eigenvalue weighted by atomic mass is 9.62. The molecule has 1 rings (SSSR count). The van der Waals surface area contributed by atoms with Gasteiger partial charge in [-0.05, 0) is 54.5 Å². The molecule has 0 aromatic carbocycles. The number of thiocarbonyl (C=S) groups is 2. The third-order valence-electron chi connectivity index (χ3n) is 3.80. The zero-order valence-corrected chi connectivity index (χ0v) is 14.7. The van der Waals surface area contributed by atoms with Crippen molar-refractivity contribution in [2.45, 2.75) is 46.1 Å². The molecule has 1 aliphatic carbocycles. The first-order valence-electron chi connectivity index (χ1n) is 6.86. The highest BCUT2D eigenvalue weighted by Crippen LogP contribution is 2.45. The summed E-state index contributed by atoms with van der Waals surface area (Å²) in [5, 5.41) is 7.40. The molecule has 1 aliphatic rings. The fraction of sp³-hybridized carbons (Fsp3) is 0.857. The Morgan fingerprint density at radius 1 is 1.10 bits per heavy atom. The molecule has 1 fully saturated rings. The predicted molar refractivity (Wildman–Crippen MR) is 89.9 cm³/mol. The number of hydrogen-bond acceptors (Lipinski definition) is 4. The van der Waals surface area contributed by atoms with Gasteiger partial charge in [0.25, 0.3) is 10.3 Å². The molecule has 4 nitrogen and oxygen atoms in total. The maximum atomic E-state index is 5.12. The van der Waals surface area contributed by atoms with Crippen molar-refractivity contribution >= 4 is 34.8 Å². The summed E-state index contributed by atoms with van der Waals surface area (Å²) in [6, 6.07) is 0.328. The van der Waals surface area contributed by atoms with Gasteiger partial charge in [-0.15, -0.1) is 0 Å². The van der Waals surface area contributed by atoms with Crippen LogP contribution >= 0.6 is 24.4 Å². The first kappa shape index (κ1) is 17.4. The van der Waals surface area contributed by atoms with Crippen molar-refractivity contribution in [3.05, 3.63) is 0 Å². The molecule has 0 spiro atoms. The molecule has 2 atom stereocenters. The zero-order chi connectivity index (χ0) is 15.4. The molecule has 2 unspecified atom stereocenters. The molecular weight excluding hydrogens is 292 g/mol. The van der Waals surface area contributed by atoms with Crippen molar-refractivity contribution in [1.82, 2.24) is 10.6 Å². The number of methoxy groups -OCH3 is 2. The molecule has 0 saturated heterocycles. The van der Waals surface area contributed by atoms with E-state index in [4.69, 9.17) is 33.9 Å². The molecule has 0 aliphatic heterocycles. The van der Waals surface area contributed by atoms with Crippen LogP contribution in [-0.4, -0.2) is 37.2 Å². The van der Waals surface area contributed by atoms with E-state index in [1.54, 1.807) is 14.2 Å². The van der Waals surface area contributed by atoms with E-state index in [0.717, 1.165) is 25.8 Å². The van der Waals surface area contributed by atoms with E-state index in [-0.39, 0.29) is 10.8 Å². The van der Waals surface area contributed by atoms with Crippen LogP contribution < -0.4 is 10.6 Å². The van der Waals surface area contributed by atoms with Gasteiger partial charge in [-0.25, -0.2) is 0 Å². The maximum Gasteiger partial charge on any atom is 0.256 e. The molecule has 2 N–H and O–H groups in total. The Kier molecular flexibility index (Phi) is 6.01. The summed E-state index contributed by atoms with van der Waals surface area (Å²) in [4.78, 5) is 0. The van der Waals surface area contributed by atoms with Crippen LogP contribution in [0.2, 0.25) is 0 Å². The van der Waals surface area contributed by atoms with Gasteiger partial charge in [0.1, 0.15) is 0 Å². The quantitative estimate of drug-likeness (QED) is 0.780. The topological polar surface area (TPSA) is 42.5 Å². The lowest BCUT2D eigenvalue weighted by Gasteiger charge is -2.47. The molecule has 0 aromatic heterocycles. The second-order valence-corrected chi connectivity index (χ2v) is 7.48. The molecule has 0 aromatic rings. The number of nitrogens with one attached hydrogen (secondary N) is 2. The van der Waals surface area contributed by atoms with Crippen LogP contribution in [0.4, 0.5) is 0 Å². The van der Waals surface area contributed by atoms with Crippen LogP contribution in [-0.2, 0) is 9.47 Å². The third kappa shape index (κ3) is 5.40. The molecule has 116 valence electrons. The highest BCUT2D eigenvalue weighted by molar-refractivity contribution is 7.80. The Balaban J connectivity index is 2.70. The van der Waals surface area contributed by atoms with Crippen molar-refractivity contribution < 1.29 is 9.47 Å². The van der Waals surface area contributed by atoms with Crippen LogP contribution in [0.3, 0.4) is 0 Å². The smallest absolute Gasteiger partial charge is 0.256 e. The first-order chi connectivity index (χ1) is 9.19. The van der Waals surface area contributed by atoms with E-state index in [1.807, 2.05) is 0 Å². The minimum atomic E-state index is 0.144. The van der Waals surface area contributed by atoms with Gasteiger partial charge >= 0.3 is 0 Å². The monoisotopic (exact) mass is 318 g/mol. The fourth-order valence-electron chi connectivity index (χ4n) is 3.45. The Hall–Kier alpha value is -0.620. The second-order valence-electron chi connectivity index (χ2n) is 6.74. The molecule has 1 saturated carbocycles. The van der Waals surface area contributed by atoms with E-state index in [1.165, 1.54) is 0 Å². The molecule has 0 heterocycles. The van der Waals surface area contributed by atoms with E-state index < -0.39 is 0 Å². The standard InChI is InChI=1S/C14H26N2O2S2/c1-13(2)6-10(16-12(20)18-5)7-14(3,8-13)9-15-11(19)17-4/h10H,6-9H2,1-5H3,(H,15,19)(H,16,20). The van der Waals surface area contributed by atoms with Crippen LogP contribution in [0.1, 0.15) is 40.0 Å². The second kappa shape index (κ2) is 6.89. The van der Waals surface area contributed by atoms with Gasteiger partial charge in [0.15, 0.2) is 0 Å². The summed E-state index contributed by atoms with van der Waals surface area (Å²) in [5.74, 6) is 0. The van der Waals surface area contributed by atoms with Crippen molar-refractivity contribution in [3.8, 4) is 0 Å². The highest BCUT2D eigenvalue weighted by Gasteiger charge is 2.41. The third-order valence-corrected chi connectivity index (χ3v) is 4.39. The van der Waals surface area contributed by atoms with Gasteiger partial charge in [-0.1, -0.05) is 20.8 Å². The Morgan fingerprint density at radius 2 is 1.70 bits per heavy atom. The maximum absolute atomic E-state index is 5.12. The van der Waals surface area contributed by atoms with Crippen LogP contribution in [0.5, 0.6) is 0 Å². The number of rotatable bonds is 3. The predicted octanol–water partition coefficient (Wildman–Crippen LogP) is 2.61. The van der Waals surface area contributed by atoms with Gasteiger partial charge < -0.3 is 20.1 Å². The summed E-state index contributed by atoms with van der Waals surface area (Å²) in [5.41, 5.74) is 0.399. The van der Waals surface area contributed by atoms with E-state index in [0.29, 0.717) is 16.4 Å². The zero-order valence-electron chi connectivity index (χ0n) is 13.0. The van der Waals surface area contributed by atoms with Crippen molar-refractivity contribution in [3.63, 3.8) is 0 Å². The van der Waals surface area contributed by atoms with E-state index in [9.17, 15) is 0 Å². The summed E-state index contributed by atoms with van der Waals surface area (Å²) in [6.45, 7) is 7.68. The molecule has 0 bridgehead atoms. The minimum absolute atomic E-state index is 0.144. The van der Waals surface area contributed by atoms with Gasteiger partial charge in [-0.3, -0.25) is 0 Å². The molecule has 0 radical (unpaired) electrons. The van der Waals surface area contributed by atoms with Crippen molar-refractivity contribution in [2.24, 2.45) is 10.8 Å². The van der Waals surface area contributed by atoms with Crippen LogP contribution in [0, 0.1) is 10.8 Å². The van der Waals surface area contributed by atoms with Crippen LogP contribution in [0.15, 0.2) is 0 Å². The lowest BCUT2D eigenvalue weighted by Crippen LogP contribution is -2.50. The molecule has 20 heavy (non-hydrogen) atoms. The summed E-state index contributed by atoms with van der Waals surface area (Å²) < 4.78 is 10.1. The fourth-order valence-corrected chi connectivity index (χ4v) is 3.69.